The highest BCUT2D eigenvalue weighted by molar-refractivity contribution is 5.45. The first-order valence-corrected chi connectivity index (χ1v) is 6.73. The average molecular weight is 239 g/mol. The largest absolute Gasteiger partial charge is 0.381 e. The molecule has 0 bridgehead atoms. The third-order valence-corrected chi connectivity index (χ3v) is 3.34. The second-order valence-electron chi connectivity index (χ2n) is 4.53. The fourth-order valence-electron chi connectivity index (χ4n) is 2.13. The predicted molar refractivity (Wildman–Crippen MR) is 79.0 cm³/mol. The number of hydrogen-bond donors (Lipinski definition) is 1. The van der Waals surface area contributed by atoms with Crippen molar-refractivity contribution in [2.75, 3.05) is 5.32 Å². The van der Waals surface area contributed by atoms with Gasteiger partial charge in [0.25, 0.3) is 0 Å². The van der Waals surface area contributed by atoms with Gasteiger partial charge in [-0.15, -0.1) is 0 Å². The topological polar surface area (TPSA) is 12.0 Å². The van der Waals surface area contributed by atoms with Gasteiger partial charge in [0, 0.05) is 12.2 Å². The molecule has 1 heteroatoms. The minimum atomic E-state index is 0.898. The van der Waals surface area contributed by atoms with Crippen LogP contribution in [0.25, 0.3) is 0 Å². The van der Waals surface area contributed by atoms with Crippen molar-refractivity contribution in [1.29, 1.82) is 0 Å². The summed E-state index contributed by atoms with van der Waals surface area (Å²) in [5.41, 5.74) is 5.39. The van der Waals surface area contributed by atoms with Crippen LogP contribution < -0.4 is 5.32 Å². The molecule has 2 aromatic rings. The van der Waals surface area contributed by atoms with E-state index in [1.165, 1.54) is 22.4 Å². The molecule has 0 aliphatic heterocycles. The number of aryl methyl sites for hydroxylation is 2. The Hall–Kier alpha value is -1.76. The van der Waals surface area contributed by atoms with E-state index in [9.17, 15) is 0 Å². The summed E-state index contributed by atoms with van der Waals surface area (Å²) in [6.07, 6.45) is 2.19. The summed E-state index contributed by atoms with van der Waals surface area (Å²) in [6.45, 7) is 5.28. The highest BCUT2D eigenvalue weighted by atomic mass is 14.9. The number of rotatable bonds is 5. The standard InChI is InChI=1S/C17H21N/c1-3-14-9-11-17(12-10-14)18-13-16-8-6-5-7-15(16)4-2/h5-12,18H,3-4,13H2,1-2H3. The van der Waals surface area contributed by atoms with Gasteiger partial charge in [-0.25, -0.2) is 0 Å². The molecule has 0 aliphatic rings. The molecule has 1 N–H and O–H groups in total. The van der Waals surface area contributed by atoms with E-state index in [0.717, 1.165) is 19.4 Å². The van der Waals surface area contributed by atoms with E-state index in [1.807, 2.05) is 0 Å². The van der Waals surface area contributed by atoms with Crippen LogP contribution >= 0.6 is 0 Å². The molecule has 0 unspecified atom stereocenters. The summed E-state index contributed by atoms with van der Waals surface area (Å²) < 4.78 is 0. The van der Waals surface area contributed by atoms with Gasteiger partial charge in [0.1, 0.15) is 0 Å². The van der Waals surface area contributed by atoms with Gasteiger partial charge in [-0.2, -0.15) is 0 Å². The number of benzene rings is 2. The predicted octanol–water partition coefficient (Wildman–Crippen LogP) is 4.42. The van der Waals surface area contributed by atoms with Crippen molar-refractivity contribution in [3.05, 3.63) is 65.2 Å². The zero-order valence-corrected chi connectivity index (χ0v) is 11.2. The SMILES string of the molecule is CCc1ccc(NCc2ccccc2CC)cc1. The van der Waals surface area contributed by atoms with E-state index in [4.69, 9.17) is 0 Å². The molecular formula is C17H21N. The first-order chi connectivity index (χ1) is 8.83. The van der Waals surface area contributed by atoms with Gasteiger partial charge in [0.2, 0.25) is 0 Å². The van der Waals surface area contributed by atoms with Crippen molar-refractivity contribution in [3.63, 3.8) is 0 Å². The van der Waals surface area contributed by atoms with Crippen LogP contribution in [-0.2, 0) is 19.4 Å². The Balaban J connectivity index is 2.02. The molecule has 94 valence electrons. The van der Waals surface area contributed by atoms with Crippen molar-refractivity contribution >= 4 is 5.69 Å². The van der Waals surface area contributed by atoms with Crippen LogP contribution in [0.1, 0.15) is 30.5 Å². The third-order valence-electron chi connectivity index (χ3n) is 3.34. The normalized spacial score (nSPS) is 10.3. The van der Waals surface area contributed by atoms with Crippen LogP contribution in [0.3, 0.4) is 0 Å². The van der Waals surface area contributed by atoms with Crippen molar-refractivity contribution in [3.8, 4) is 0 Å². The maximum absolute atomic E-state index is 3.49. The zero-order chi connectivity index (χ0) is 12.8. The molecule has 0 radical (unpaired) electrons. The first-order valence-electron chi connectivity index (χ1n) is 6.73. The van der Waals surface area contributed by atoms with Crippen LogP contribution in [0.4, 0.5) is 5.69 Å². The molecule has 0 spiro atoms. The van der Waals surface area contributed by atoms with Crippen LogP contribution in [0.5, 0.6) is 0 Å². The summed E-state index contributed by atoms with van der Waals surface area (Å²) in [6, 6.07) is 17.3. The molecule has 0 saturated heterocycles. The Morgan fingerprint density at radius 2 is 1.44 bits per heavy atom. The average Bonchev–Trinajstić information content (AvgIpc) is 2.46. The molecule has 2 rings (SSSR count). The number of hydrogen-bond acceptors (Lipinski definition) is 1. The van der Waals surface area contributed by atoms with E-state index in [0.29, 0.717) is 0 Å². The summed E-state index contributed by atoms with van der Waals surface area (Å²) in [5, 5.41) is 3.49. The lowest BCUT2D eigenvalue weighted by atomic mass is 10.1. The summed E-state index contributed by atoms with van der Waals surface area (Å²) in [4.78, 5) is 0. The lowest BCUT2D eigenvalue weighted by Gasteiger charge is -2.10. The molecule has 18 heavy (non-hydrogen) atoms. The second-order valence-corrected chi connectivity index (χ2v) is 4.53. The van der Waals surface area contributed by atoms with Gasteiger partial charge in [-0.3, -0.25) is 0 Å². The molecule has 0 atom stereocenters. The highest BCUT2D eigenvalue weighted by Crippen LogP contribution is 2.14. The second kappa shape index (κ2) is 6.25. The molecule has 0 fully saturated rings. The first kappa shape index (κ1) is 12.7. The fraction of sp³-hybridized carbons (Fsp3) is 0.294. The number of anilines is 1. The van der Waals surface area contributed by atoms with E-state index >= 15 is 0 Å². The summed E-state index contributed by atoms with van der Waals surface area (Å²) >= 11 is 0. The number of nitrogens with one attached hydrogen (secondary N) is 1. The molecular weight excluding hydrogens is 218 g/mol. The summed E-state index contributed by atoms with van der Waals surface area (Å²) in [7, 11) is 0. The Morgan fingerprint density at radius 1 is 0.778 bits per heavy atom. The minimum Gasteiger partial charge on any atom is -0.381 e. The molecule has 0 aromatic heterocycles. The Kier molecular flexibility index (Phi) is 4.40. The zero-order valence-electron chi connectivity index (χ0n) is 11.2. The molecule has 0 heterocycles. The minimum absolute atomic E-state index is 0.898. The monoisotopic (exact) mass is 239 g/mol. The molecule has 2 aromatic carbocycles. The maximum atomic E-state index is 3.49. The summed E-state index contributed by atoms with van der Waals surface area (Å²) in [5.74, 6) is 0. The van der Waals surface area contributed by atoms with Gasteiger partial charge in [-0.1, -0.05) is 50.2 Å². The maximum Gasteiger partial charge on any atom is 0.0403 e. The third kappa shape index (κ3) is 3.13. The van der Waals surface area contributed by atoms with E-state index in [2.05, 4.69) is 67.7 Å². The van der Waals surface area contributed by atoms with E-state index in [-0.39, 0.29) is 0 Å². The van der Waals surface area contributed by atoms with Gasteiger partial charge in [-0.05, 0) is 41.7 Å². The van der Waals surface area contributed by atoms with Crippen LogP contribution in [-0.4, -0.2) is 0 Å². The van der Waals surface area contributed by atoms with Crippen molar-refractivity contribution in [2.45, 2.75) is 33.2 Å². The quantitative estimate of drug-likeness (QED) is 0.814. The van der Waals surface area contributed by atoms with Crippen molar-refractivity contribution in [2.24, 2.45) is 0 Å². The molecule has 0 saturated carbocycles. The molecule has 0 aliphatic carbocycles. The highest BCUT2D eigenvalue weighted by Gasteiger charge is 1.99. The smallest absolute Gasteiger partial charge is 0.0403 e. The van der Waals surface area contributed by atoms with Crippen LogP contribution in [0.15, 0.2) is 48.5 Å². The van der Waals surface area contributed by atoms with Crippen molar-refractivity contribution < 1.29 is 0 Å². The van der Waals surface area contributed by atoms with Crippen molar-refractivity contribution in [1.82, 2.24) is 0 Å². The lowest BCUT2D eigenvalue weighted by molar-refractivity contribution is 1.04. The van der Waals surface area contributed by atoms with Crippen LogP contribution in [0.2, 0.25) is 0 Å². The van der Waals surface area contributed by atoms with Gasteiger partial charge in [0.15, 0.2) is 0 Å². The van der Waals surface area contributed by atoms with Gasteiger partial charge >= 0.3 is 0 Å². The van der Waals surface area contributed by atoms with Gasteiger partial charge < -0.3 is 5.32 Å². The van der Waals surface area contributed by atoms with E-state index < -0.39 is 0 Å². The Labute approximate surface area is 110 Å². The molecule has 1 nitrogen and oxygen atoms in total. The lowest BCUT2D eigenvalue weighted by Crippen LogP contribution is -2.02. The van der Waals surface area contributed by atoms with Crippen LogP contribution in [0, 0.1) is 0 Å². The Bertz CT molecular complexity index is 485. The molecule has 0 amide bonds. The fourth-order valence-corrected chi connectivity index (χ4v) is 2.13. The van der Waals surface area contributed by atoms with E-state index in [1.54, 1.807) is 0 Å². The Morgan fingerprint density at radius 3 is 2.06 bits per heavy atom. The van der Waals surface area contributed by atoms with Gasteiger partial charge in [0.05, 0.1) is 0 Å².